The summed E-state index contributed by atoms with van der Waals surface area (Å²) in [4.78, 5) is 4.19. The molecule has 0 saturated carbocycles. The zero-order valence-electron chi connectivity index (χ0n) is 11.7. The highest BCUT2D eigenvalue weighted by atomic mass is 19.2. The fourth-order valence-electron chi connectivity index (χ4n) is 1.96. The van der Waals surface area contributed by atoms with Gasteiger partial charge < -0.3 is 0 Å². The van der Waals surface area contributed by atoms with E-state index in [0.717, 1.165) is 17.7 Å². The Morgan fingerprint density at radius 2 is 1.60 bits per heavy atom. The van der Waals surface area contributed by atoms with Crippen LogP contribution in [0.4, 0.5) is 13.2 Å². The summed E-state index contributed by atoms with van der Waals surface area (Å²) >= 11 is 0. The first-order valence-electron chi connectivity index (χ1n) is 6.36. The second-order valence-corrected chi connectivity index (χ2v) is 5.84. The predicted molar refractivity (Wildman–Crippen MR) is 72.1 cm³/mol. The first-order valence-corrected chi connectivity index (χ1v) is 6.36. The first-order chi connectivity index (χ1) is 9.27. The van der Waals surface area contributed by atoms with Crippen molar-refractivity contribution >= 4 is 0 Å². The quantitative estimate of drug-likeness (QED) is 0.743. The third kappa shape index (κ3) is 3.18. The van der Waals surface area contributed by atoms with Crippen LogP contribution < -0.4 is 0 Å². The number of rotatable bonds is 2. The van der Waals surface area contributed by atoms with Crippen LogP contribution in [-0.4, -0.2) is 4.98 Å². The van der Waals surface area contributed by atoms with Crippen molar-refractivity contribution in [3.05, 3.63) is 64.7 Å². The molecule has 20 heavy (non-hydrogen) atoms. The number of aromatic nitrogens is 1. The van der Waals surface area contributed by atoms with Crippen molar-refractivity contribution in [1.82, 2.24) is 4.98 Å². The van der Waals surface area contributed by atoms with Crippen molar-refractivity contribution in [2.75, 3.05) is 0 Å². The largest absolute Gasteiger partial charge is 0.261 e. The van der Waals surface area contributed by atoms with E-state index in [1.807, 2.05) is 12.1 Å². The summed E-state index contributed by atoms with van der Waals surface area (Å²) in [5, 5.41) is 0. The molecule has 0 aliphatic heterocycles. The summed E-state index contributed by atoms with van der Waals surface area (Å²) in [5.41, 5.74) is 2.12. The molecule has 0 bridgehead atoms. The predicted octanol–water partition coefficient (Wildman–Crippen LogP) is 4.39. The average molecular weight is 279 g/mol. The smallest absolute Gasteiger partial charge is 0.194 e. The molecular weight excluding hydrogens is 263 g/mol. The zero-order valence-corrected chi connectivity index (χ0v) is 11.7. The van der Waals surface area contributed by atoms with Gasteiger partial charge in [0.25, 0.3) is 0 Å². The van der Waals surface area contributed by atoms with Gasteiger partial charge in [-0.1, -0.05) is 20.8 Å². The molecule has 1 aromatic carbocycles. The van der Waals surface area contributed by atoms with Crippen LogP contribution in [0.1, 0.15) is 37.6 Å². The zero-order chi connectivity index (χ0) is 14.9. The number of pyridine rings is 1. The summed E-state index contributed by atoms with van der Waals surface area (Å²) < 4.78 is 39.3. The van der Waals surface area contributed by atoms with Gasteiger partial charge in [0.05, 0.1) is 0 Å². The van der Waals surface area contributed by atoms with Crippen molar-refractivity contribution in [1.29, 1.82) is 0 Å². The van der Waals surface area contributed by atoms with E-state index in [9.17, 15) is 13.2 Å². The van der Waals surface area contributed by atoms with Crippen LogP contribution in [-0.2, 0) is 11.8 Å². The van der Waals surface area contributed by atoms with Crippen LogP contribution in [0.5, 0.6) is 0 Å². The van der Waals surface area contributed by atoms with Crippen LogP contribution in [0.15, 0.2) is 30.5 Å². The van der Waals surface area contributed by atoms with Gasteiger partial charge in [0.1, 0.15) is 0 Å². The summed E-state index contributed by atoms with van der Waals surface area (Å²) in [5.74, 6) is -3.79. The van der Waals surface area contributed by atoms with E-state index < -0.39 is 17.5 Å². The molecule has 0 unspecified atom stereocenters. The molecule has 1 aromatic heterocycles. The van der Waals surface area contributed by atoms with Crippen LogP contribution in [0.2, 0.25) is 0 Å². The minimum Gasteiger partial charge on any atom is -0.261 e. The standard InChI is InChI=1S/C16H16F3N/c1-16(2,3)11-4-5-20-12(9-11)6-10-7-13(17)15(19)14(18)8-10/h4-5,7-9H,6H2,1-3H3. The van der Waals surface area contributed by atoms with Gasteiger partial charge in [-0.25, -0.2) is 13.2 Å². The van der Waals surface area contributed by atoms with Gasteiger partial charge >= 0.3 is 0 Å². The van der Waals surface area contributed by atoms with Crippen molar-refractivity contribution in [3.8, 4) is 0 Å². The molecule has 106 valence electrons. The first kappa shape index (κ1) is 14.6. The second-order valence-electron chi connectivity index (χ2n) is 5.84. The fraction of sp³-hybridized carbons (Fsp3) is 0.312. The lowest BCUT2D eigenvalue weighted by atomic mass is 9.87. The Bertz CT molecular complexity index is 607. The van der Waals surface area contributed by atoms with E-state index in [2.05, 4.69) is 25.8 Å². The molecule has 4 heteroatoms. The Morgan fingerprint density at radius 1 is 1.00 bits per heavy atom. The summed E-state index contributed by atoms with van der Waals surface area (Å²) in [7, 11) is 0. The highest BCUT2D eigenvalue weighted by Crippen LogP contribution is 2.23. The molecule has 0 saturated heterocycles. The molecule has 0 fully saturated rings. The highest BCUT2D eigenvalue weighted by molar-refractivity contribution is 5.29. The maximum atomic E-state index is 13.2. The lowest BCUT2D eigenvalue weighted by Crippen LogP contribution is -2.12. The maximum Gasteiger partial charge on any atom is 0.194 e. The summed E-state index contributed by atoms with van der Waals surface area (Å²) in [6, 6.07) is 5.82. The number of hydrogen-bond acceptors (Lipinski definition) is 1. The topological polar surface area (TPSA) is 12.9 Å². The Morgan fingerprint density at radius 3 is 2.15 bits per heavy atom. The van der Waals surface area contributed by atoms with E-state index in [-0.39, 0.29) is 11.8 Å². The van der Waals surface area contributed by atoms with E-state index >= 15 is 0 Å². The van der Waals surface area contributed by atoms with Crippen LogP contribution >= 0.6 is 0 Å². The van der Waals surface area contributed by atoms with E-state index in [0.29, 0.717) is 11.3 Å². The summed E-state index contributed by atoms with van der Waals surface area (Å²) in [6.07, 6.45) is 1.93. The van der Waals surface area contributed by atoms with Crippen molar-refractivity contribution < 1.29 is 13.2 Å². The van der Waals surface area contributed by atoms with Gasteiger partial charge in [-0.2, -0.15) is 0 Å². The average Bonchev–Trinajstić information content (AvgIpc) is 2.35. The van der Waals surface area contributed by atoms with Crippen LogP contribution in [0, 0.1) is 17.5 Å². The number of nitrogens with zero attached hydrogens (tertiary/aromatic N) is 1. The third-order valence-corrected chi connectivity index (χ3v) is 3.11. The molecule has 0 aliphatic rings. The molecule has 1 heterocycles. The minimum atomic E-state index is -1.44. The Balaban J connectivity index is 2.31. The molecule has 0 spiro atoms. The van der Waals surface area contributed by atoms with Gasteiger partial charge in [-0.15, -0.1) is 0 Å². The molecule has 0 aliphatic carbocycles. The molecule has 0 N–H and O–H groups in total. The molecule has 1 nitrogen and oxygen atoms in total. The normalized spacial score (nSPS) is 11.7. The molecule has 2 aromatic rings. The van der Waals surface area contributed by atoms with Gasteiger partial charge in [0, 0.05) is 18.3 Å². The molecular formula is C16H16F3N. The second kappa shape index (κ2) is 5.27. The van der Waals surface area contributed by atoms with Gasteiger partial charge in [-0.3, -0.25) is 4.98 Å². The van der Waals surface area contributed by atoms with Crippen LogP contribution in [0.3, 0.4) is 0 Å². The van der Waals surface area contributed by atoms with E-state index in [4.69, 9.17) is 0 Å². The van der Waals surface area contributed by atoms with Crippen molar-refractivity contribution in [3.63, 3.8) is 0 Å². The van der Waals surface area contributed by atoms with Crippen molar-refractivity contribution in [2.45, 2.75) is 32.6 Å². The fourth-order valence-corrected chi connectivity index (χ4v) is 1.96. The van der Waals surface area contributed by atoms with Gasteiger partial charge in [0.15, 0.2) is 17.5 Å². The Kier molecular flexibility index (Phi) is 3.84. The van der Waals surface area contributed by atoms with Crippen LogP contribution in [0.25, 0.3) is 0 Å². The number of hydrogen-bond donors (Lipinski definition) is 0. The monoisotopic (exact) mass is 279 g/mol. The molecule has 0 atom stereocenters. The Hall–Kier alpha value is -1.84. The summed E-state index contributed by atoms with van der Waals surface area (Å²) in [6.45, 7) is 6.22. The van der Waals surface area contributed by atoms with E-state index in [1.54, 1.807) is 6.20 Å². The number of benzene rings is 1. The minimum absolute atomic E-state index is 0.0308. The third-order valence-electron chi connectivity index (χ3n) is 3.11. The lowest BCUT2D eigenvalue weighted by molar-refractivity contribution is 0.445. The highest BCUT2D eigenvalue weighted by Gasteiger charge is 2.15. The molecule has 0 amide bonds. The van der Waals surface area contributed by atoms with E-state index in [1.165, 1.54) is 0 Å². The Labute approximate surface area is 116 Å². The maximum absolute atomic E-state index is 13.2. The lowest BCUT2D eigenvalue weighted by Gasteiger charge is -2.19. The van der Waals surface area contributed by atoms with Crippen molar-refractivity contribution in [2.24, 2.45) is 0 Å². The number of halogens is 3. The van der Waals surface area contributed by atoms with Gasteiger partial charge in [-0.05, 0) is 40.8 Å². The van der Waals surface area contributed by atoms with Gasteiger partial charge in [0.2, 0.25) is 0 Å². The SMILES string of the molecule is CC(C)(C)c1ccnc(Cc2cc(F)c(F)c(F)c2)c1. The molecule has 0 radical (unpaired) electrons. The molecule has 2 rings (SSSR count).